The van der Waals surface area contributed by atoms with Crippen LogP contribution in [0.3, 0.4) is 0 Å². The Kier molecular flexibility index (Phi) is 8.24. The number of hydrogen-bond acceptors (Lipinski definition) is 13. The fourth-order valence-corrected chi connectivity index (χ4v) is 7.63. The summed E-state index contributed by atoms with van der Waals surface area (Å²) in [5.41, 5.74) is -6.13. The van der Waals surface area contributed by atoms with Gasteiger partial charge in [0.25, 0.3) is 0 Å². The maximum absolute atomic E-state index is 13.0. The second-order valence-electron chi connectivity index (χ2n) is 12.0. The summed E-state index contributed by atoms with van der Waals surface area (Å²) in [6, 6.07) is 0. The van der Waals surface area contributed by atoms with Crippen LogP contribution in [0.2, 0.25) is 0 Å². The molecule has 2 aliphatic heterocycles. The molecule has 8 unspecified atom stereocenters. The first kappa shape index (κ1) is 32.2. The third-order valence-corrected chi connectivity index (χ3v) is 9.71. The van der Waals surface area contributed by atoms with Crippen molar-refractivity contribution in [1.82, 2.24) is 0 Å². The van der Waals surface area contributed by atoms with Crippen molar-refractivity contribution in [3.05, 3.63) is 12.2 Å². The summed E-state index contributed by atoms with van der Waals surface area (Å²) in [5, 5.41) is 23.6. The van der Waals surface area contributed by atoms with Gasteiger partial charge in [0, 0.05) is 40.0 Å². The average molecular weight is 617 g/mol. The van der Waals surface area contributed by atoms with Crippen molar-refractivity contribution in [3.8, 4) is 0 Å². The molecule has 0 amide bonds. The average Bonchev–Trinajstić information content (AvgIpc) is 3.61. The molecule has 14 heteroatoms. The molecule has 2 aliphatic carbocycles. The number of aliphatic hydroxyl groups is 2. The lowest BCUT2D eigenvalue weighted by Crippen LogP contribution is -2.75. The van der Waals surface area contributed by atoms with Gasteiger partial charge in [-0.2, -0.15) is 0 Å². The lowest BCUT2D eigenvalue weighted by Gasteiger charge is -2.60. The molecule has 2 N–H and O–H groups in total. The maximum Gasteiger partial charge on any atom is 0.312 e. The van der Waals surface area contributed by atoms with E-state index in [9.17, 15) is 34.2 Å². The Bertz CT molecular complexity index is 1200. The highest BCUT2D eigenvalue weighted by molar-refractivity contribution is 6.23. The fraction of sp³-hybridized carbons (Fsp3) is 0.750. The Morgan fingerprint density at radius 3 is 1.93 bits per heavy atom. The van der Waals surface area contributed by atoms with Crippen molar-refractivity contribution < 1.29 is 62.6 Å². The zero-order valence-electron chi connectivity index (χ0n) is 24.5. The van der Waals surface area contributed by atoms with Crippen molar-refractivity contribution in [2.75, 3.05) is 0 Å². The number of ether oxygens (including phenoxy) is 6. The summed E-state index contributed by atoms with van der Waals surface area (Å²) in [4.78, 5) is 62.9. The molecule has 2 saturated carbocycles. The minimum atomic E-state index is -2.42. The number of carbonyl (C=O) groups excluding carboxylic acids is 5. The van der Waals surface area contributed by atoms with E-state index in [1.807, 2.05) is 0 Å². The summed E-state index contributed by atoms with van der Waals surface area (Å²) in [6.45, 7) is 12.6. The minimum Gasteiger partial charge on any atom is -0.462 e. The van der Waals surface area contributed by atoms with Crippen LogP contribution in [-0.4, -0.2) is 99.4 Å². The van der Waals surface area contributed by atoms with Crippen LogP contribution in [0.25, 0.3) is 0 Å². The molecule has 4 fully saturated rings. The second kappa shape index (κ2) is 10.8. The van der Waals surface area contributed by atoms with E-state index in [0.717, 1.165) is 27.7 Å². The molecule has 42 heavy (non-hydrogen) atoms. The summed E-state index contributed by atoms with van der Waals surface area (Å²) in [5.74, 6) is -7.01. The van der Waals surface area contributed by atoms with Crippen molar-refractivity contribution >= 4 is 41.4 Å². The van der Waals surface area contributed by atoms with E-state index in [2.05, 4.69) is 6.58 Å². The Morgan fingerprint density at radius 1 is 0.905 bits per heavy atom. The lowest BCUT2D eigenvalue weighted by molar-refractivity contribution is -0.293. The van der Waals surface area contributed by atoms with Crippen molar-refractivity contribution in [3.63, 3.8) is 0 Å². The van der Waals surface area contributed by atoms with Gasteiger partial charge in [0.2, 0.25) is 0 Å². The predicted octanol–water partition coefficient (Wildman–Crippen LogP) is 0.728. The third kappa shape index (κ3) is 4.97. The van der Waals surface area contributed by atoms with Crippen molar-refractivity contribution in [2.24, 2.45) is 17.3 Å². The van der Waals surface area contributed by atoms with E-state index < -0.39 is 106 Å². The summed E-state index contributed by atoms with van der Waals surface area (Å²) < 4.78 is 34.3. The first-order chi connectivity index (χ1) is 19.3. The molecule has 0 aromatic carbocycles. The van der Waals surface area contributed by atoms with Gasteiger partial charge in [0.1, 0.15) is 42.2 Å². The Morgan fingerprint density at radius 2 is 1.40 bits per heavy atom. The summed E-state index contributed by atoms with van der Waals surface area (Å²) >= 11 is 6.78. The number of fused-ring (bicyclic) bond motifs is 3. The molecule has 234 valence electrons. The molecule has 0 aromatic rings. The molecule has 2 saturated heterocycles. The molecular formula is C28H37ClO13. The number of halogens is 1. The number of hydrogen-bond donors (Lipinski definition) is 2. The quantitative estimate of drug-likeness (QED) is 0.148. The van der Waals surface area contributed by atoms with E-state index in [-0.39, 0.29) is 12.0 Å². The van der Waals surface area contributed by atoms with Gasteiger partial charge in [0.05, 0.1) is 16.7 Å². The van der Waals surface area contributed by atoms with E-state index in [0.29, 0.717) is 0 Å². The largest absolute Gasteiger partial charge is 0.462 e. The topological polar surface area (TPSA) is 184 Å². The maximum atomic E-state index is 13.0. The van der Waals surface area contributed by atoms with Crippen LogP contribution in [-0.2, 0) is 52.4 Å². The number of alkyl halides is 1. The van der Waals surface area contributed by atoms with Gasteiger partial charge in [-0.25, -0.2) is 0 Å². The molecule has 0 spiro atoms. The highest BCUT2D eigenvalue weighted by Crippen LogP contribution is 2.61. The fourth-order valence-electron chi connectivity index (χ4n) is 7.25. The second-order valence-corrected chi connectivity index (χ2v) is 12.5. The van der Waals surface area contributed by atoms with Crippen molar-refractivity contribution in [1.29, 1.82) is 0 Å². The molecule has 0 bridgehead atoms. The van der Waals surface area contributed by atoms with Crippen LogP contribution in [0.1, 0.15) is 54.9 Å². The zero-order chi connectivity index (χ0) is 31.7. The van der Waals surface area contributed by atoms with Gasteiger partial charge < -0.3 is 38.6 Å². The van der Waals surface area contributed by atoms with Gasteiger partial charge in [-0.3, -0.25) is 24.0 Å². The zero-order valence-corrected chi connectivity index (χ0v) is 25.2. The molecule has 2 heterocycles. The Labute approximate surface area is 247 Å². The highest BCUT2D eigenvalue weighted by atomic mass is 35.5. The van der Waals surface area contributed by atoms with Crippen LogP contribution >= 0.6 is 11.6 Å². The van der Waals surface area contributed by atoms with E-state index >= 15 is 0 Å². The predicted molar refractivity (Wildman–Crippen MR) is 140 cm³/mol. The van der Waals surface area contributed by atoms with Crippen LogP contribution in [0.5, 0.6) is 0 Å². The minimum absolute atomic E-state index is 0.192. The van der Waals surface area contributed by atoms with Gasteiger partial charge in [-0.05, 0) is 19.4 Å². The SMILES string of the molecule is C=C1C(Cl)C2OC(=O)C(C)[C@]2(O)[C@H](OC(C)=O)C2[C@](C)(O)C(OC(C)=O)CC(OC(C)=O)[C@]2(C)[C@H](OC(C)=O)C2OC12. The third-order valence-electron chi connectivity index (χ3n) is 9.20. The Balaban J connectivity index is 2.10. The van der Waals surface area contributed by atoms with Gasteiger partial charge >= 0.3 is 29.8 Å². The van der Waals surface area contributed by atoms with E-state index in [1.165, 1.54) is 20.8 Å². The van der Waals surface area contributed by atoms with Crippen LogP contribution in [0.15, 0.2) is 12.2 Å². The normalized spacial score (nSPS) is 46.1. The number of esters is 5. The van der Waals surface area contributed by atoms with Crippen LogP contribution < -0.4 is 0 Å². The molecular weight excluding hydrogens is 580 g/mol. The molecule has 4 aliphatic rings. The standard InChI is InChI=1S/C28H37ClO13/c1-10-18(29)22-28(36,11(2)25(34)42-22)24(40-15(6)33)21-26(7,23(39-14(5)32)20-19(10)41-20)16(37-12(3)30)9-17(27(21,8)35)38-13(4)31/h11,16-24,35-36H,1,9H2,2-8H3/t11?,16?,17?,18?,19?,20?,21?,22?,23-,24-,26+,27-,28-/m1/s1. The van der Waals surface area contributed by atoms with Crippen LogP contribution in [0.4, 0.5) is 0 Å². The van der Waals surface area contributed by atoms with Crippen LogP contribution in [0, 0.1) is 17.3 Å². The van der Waals surface area contributed by atoms with Gasteiger partial charge in [-0.15, -0.1) is 11.6 Å². The van der Waals surface area contributed by atoms with E-state index in [1.54, 1.807) is 0 Å². The number of epoxide rings is 1. The molecule has 13 nitrogen and oxygen atoms in total. The molecule has 0 radical (unpaired) electrons. The lowest BCUT2D eigenvalue weighted by atomic mass is 9.50. The van der Waals surface area contributed by atoms with Gasteiger partial charge in [0.15, 0.2) is 11.7 Å². The highest BCUT2D eigenvalue weighted by Gasteiger charge is 2.76. The monoisotopic (exact) mass is 616 g/mol. The molecule has 13 atom stereocenters. The summed E-state index contributed by atoms with van der Waals surface area (Å²) in [7, 11) is 0. The smallest absolute Gasteiger partial charge is 0.312 e. The first-order valence-electron chi connectivity index (χ1n) is 13.6. The first-order valence-corrected chi connectivity index (χ1v) is 14.0. The van der Waals surface area contributed by atoms with Crippen molar-refractivity contribution in [2.45, 2.75) is 114 Å². The molecule has 0 aromatic heterocycles. The summed E-state index contributed by atoms with van der Waals surface area (Å²) in [6.07, 6.45) is -9.41. The molecule has 4 rings (SSSR count). The van der Waals surface area contributed by atoms with Gasteiger partial charge in [-0.1, -0.05) is 13.5 Å². The number of carbonyl (C=O) groups is 5. The van der Waals surface area contributed by atoms with E-state index in [4.69, 9.17) is 40.0 Å². The Hall–Kier alpha value is -2.74. The number of rotatable bonds is 4.